The Labute approximate surface area is 149 Å². The van der Waals surface area contributed by atoms with Crippen molar-refractivity contribution in [1.29, 1.82) is 0 Å². The number of benzene rings is 2. The van der Waals surface area contributed by atoms with Gasteiger partial charge in [-0.3, -0.25) is 14.2 Å². The molecule has 0 saturated carbocycles. The molecular formula is C19H17N3O2S. The highest BCUT2D eigenvalue weighted by Crippen LogP contribution is 2.26. The minimum absolute atomic E-state index is 0.0862. The highest BCUT2D eigenvalue weighted by molar-refractivity contribution is 7.99. The number of nitrogens with one attached hydrogen (secondary N) is 1. The minimum Gasteiger partial charge on any atom is -0.324 e. The zero-order valence-corrected chi connectivity index (χ0v) is 14.3. The van der Waals surface area contributed by atoms with Gasteiger partial charge in [-0.2, -0.15) is 0 Å². The third-order valence-electron chi connectivity index (χ3n) is 3.56. The smallest absolute Gasteiger partial charge is 0.261 e. The van der Waals surface area contributed by atoms with Crippen LogP contribution in [0.2, 0.25) is 0 Å². The van der Waals surface area contributed by atoms with Crippen molar-refractivity contribution < 1.29 is 4.79 Å². The molecule has 0 spiro atoms. The van der Waals surface area contributed by atoms with E-state index in [-0.39, 0.29) is 18.0 Å². The molecule has 0 radical (unpaired) electrons. The summed E-state index contributed by atoms with van der Waals surface area (Å²) >= 11 is 1.59. The number of rotatable bonds is 6. The highest BCUT2D eigenvalue weighted by atomic mass is 32.2. The molecule has 0 fully saturated rings. The molecular weight excluding hydrogens is 334 g/mol. The molecule has 5 nitrogen and oxygen atoms in total. The Balaban J connectivity index is 1.79. The fraction of sp³-hybridized carbons (Fsp3) is 0.105. The lowest BCUT2D eigenvalue weighted by atomic mass is 10.2. The maximum atomic E-state index is 12.5. The van der Waals surface area contributed by atoms with Crippen molar-refractivity contribution in [3.8, 4) is 0 Å². The SMILES string of the molecule is C=CCSc1ccccc1NC(=O)Cn1cnc2ccccc2c1=O. The lowest BCUT2D eigenvalue weighted by Gasteiger charge is -2.11. The predicted octanol–water partition coefficient (Wildman–Crippen LogP) is 3.31. The van der Waals surface area contributed by atoms with E-state index in [1.807, 2.05) is 36.4 Å². The first-order valence-electron chi connectivity index (χ1n) is 7.76. The summed E-state index contributed by atoms with van der Waals surface area (Å²) in [5, 5.41) is 3.36. The van der Waals surface area contributed by atoms with Gasteiger partial charge in [-0.25, -0.2) is 4.98 Å². The van der Waals surface area contributed by atoms with E-state index in [9.17, 15) is 9.59 Å². The Hall–Kier alpha value is -2.86. The van der Waals surface area contributed by atoms with Crippen molar-refractivity contribution >= 4 is 34.3 Å². The van der Waals surface area contributed by atoms with E-state index >= 15 is 0 Å². The fourth-order valence-corrected chi connectivity index (χ4v) is 3.15. The lowest BCUT2D eigenvalue weighted by molar-refractivity contribution is -0.116. The molecule has 3 rings (SSSR count). The zero-order chi connectivity index (χ0) is 17.6. The van der Waals surface area contributed by atoms with Gasteiger partial charge in [-0.1, -0.05) is 30.3 Å². The van der Waals surface area contributed by atoms with Gasteiger partial charge in [-0.05, 0) is 24.3 Å². The third-order valence-corrected chi connectivity index (χ3v) is 4.63. The monoisotopic (exact) mass is 351 g/mol. The van der Waals surface area contributed by atoms with Gasteiger partial charge in [0.1, 0.15) is 6.54 Å². The van der Waals surface area contributed by atoms with Crippen LogP contribution in [0.25, 0.3) is 10.9 Å². The maximum Gasteiger partial charge on any atom is 0.261 e. The molecule has 0 aliphatic carbocycles. The van der Waals surface area contributed by atoms with Crippen LogP contribution >= 0.6 is 11.8 Å². The van der Waals surface area contributed by atoms with E-state index in [0.717, 1.165) is 16.3 Å². The van der Waals surface area contributed by atoms with E-state index in [2.05, 4.69) is 16.9 Å². The summed E-state index contributed by atoms with van der Waals surface area (Å²) in [5.41, 5.74) is 1.12. The Morgan fingerprint density at radius 3 is 2.80 bits per heavy atom. The third kappa shape index (κ3) is 3.97. The zero-order valence-electron chi connectivity index (χ0n) is 13.5. The number of carbonyl (C=O) groups excluding carboxylic acids is 1. The van der Waals surface area contributed by atoms with Crippen LogP contribution in [0.4, 0.5) is 5.69 Å². The van der Waals surface area contributed by atoms with Crippen LogP contribution in [0.15, 0.2) is 77.2 Å². The van der Waals surface area contributed by atoms with Crippen LogP contribution in [0.5, 0.6) is 0 Å². The molecule has 1 heterocycles. The average Bonchev–Trinajstić information content (AvgIpc) is 2.63. The van der Waals surface area contributed by atoms with Crippen LogP contribution in [0.1, 0.15) is 0 Å². The second kappa shape index (κ2) is 7.81. The van der Waals surface area contributed by atoms with E-state index < -0.39 is 0 Å². The standard InChI is InChI=1S/C19H17N3O2S/c1-2-11-25-17-10-6-5-9-16(17)21-18(23)12-22-13-20-15-8-4-3-7-14(15)19(22)24/h2-10,13H,1,11-12H2,(H,21,23). The molecule has 1 aromatic heterocycles. The van der Waals surface area contributed by atoms with Crippen molar-refractivity contribution in [2.45, 2.75) is 11.4 Å². The van der Waals surface area contributed by atoms with Crippen molar-refractivity contribution in [2.24, 2.45) is 0 Å². The van der Waals surface area contributed by atoms with E-state index in [4.69, 9.17) is 0 Å². The molecule has 1 amide bonds. The second-order valence-electron chi connectivity index (χ2n) is 5.34. The van der Waals surface area contributed by atoms with Crippen molar-refractivity contribution in [3.05, 3.63) is 77.9 Å². The molecule has 3 aromatic rings. The normalized spacial score (nSPS) is 10.6. The molecule has 25 heavy (non-hydrogen) atoms. The second-order valence-corrected chi connectivity index (χ2v) is 6.40. The summed E-state index contributed by atoms with van der Waals surface area (Å²) < 4.78 is 1.32. The molecule has 1 N–H and O–H groups in total. The first-order chi connectivity index (χ1) is 12.2. The molecule has 0 aliphatic rings. The largest absolute Gasteiger partial charge is 0.324 e. The first-order valence-corrected chi connectivity index (χ1v) is 8.74. The first kappa shape index (κ1) is 17.0. The quantitative estimate of drug-likeness (QED) is 0.547. The molecule has 6 heteroatoms. The predicted molar refractivity (Wildman–Crippen MR) is 102 cm³/mol. The number of thioether (sulfide) groups is 1. The van der Waals surface area contributed by atoms with Crippen LogP contribution in [-0.4, -0.2) is 21.2 Å². The van der Waals surface area contributed by atoms with Gasteiger partial charge < -0.3 is 5.32 Å². The molecule has 0 saturated heterocycles. The van der Waals surface area contributed by atoms with Gasteiger partial charge in [0.2, 0.25) is 5.91 Å². The van der Waals surface area contributed by atoms with Crippen LogP contribution in [0, 0.1) is 0 Å². The van der Waals surface area contributed by atoms with Gasteiger partial charge in [0.25, 0.3) is 5.56 Å². The molecule has 0 bridgehead atoms. The van der Waals surface area contributed by atoms with Crippen molar-refractivity contribution in [2.75, 3.05) is 11.1 Å². The number of hydrogen-bond donors (Lipinski definition) is 1. The number of hydrogen-bond acceptors (Lipinski definition) is 4. The molecule has 126 valence electrons. The Bertz CT molecular complexity index is 982. The Morgan fingerprint density at radius 1 is 1.20 bits per heavy atom. The van der Waals surface area contributed by atoms with E-state index in [0.29, 0.717) is 10.9 Å². The number of anilines is 1. The highest BCUT2D eigenvalue weighted by Gasteiger charge is 2.10. The average molecular weight is 351 g/mol. The number of carbonyl (C=O) groups is 1. The van der Waals surface area contributed by atoms with Crippen LogP contribution in [-0.2, 0) is 11.3 Å². The Kier molecular flexibility index (Phi) is 5.30. The van der Waals surface area contributed by atoms with E-state index in [1.165, 1.54) is 10.9 Å². The van der Waals surface area contributed by atoms with Crippen LogP contribution in [0.3, 0.4) is 0 Å². The van der Waals surface area contributed by atoms with Crippen molar-refractivity contribution in [1.82, 2.24) is 9.55 Å². The number of amides is 1. The number of nitrogens with zero attached hydrogens (tertiary/aromatic N) is 2. The number of para-hydroxylation sites is 2. The molecule has 0 atom stereocenters. The Morgan fingerprint density at radius 2 is 1.96 bits per heavy atom. The molecule has 0 aliphatic heterocycles. The summed E-state index contributed by atoms with van der Waals surface area (Å²) in [5.74, 6) is 0.479. The summed E-state index contributed by atoms with van der Waals surface area (Å²) in [6.07, 6.45) is 3.21. The summed E-state index contributed by atoms with van der Waals surface area (Å²) in [4.78, 5) is 30.0. The topological polar surface area (TPSA) is 64.0 Å². The summed E-state index contributed by atoms with van der Waals surface area (Å²) in [6.45, 7) is 3.62. The summed E-state index contributed by atoms with van der Waals surface area (Å²) in [7, 11) is 0. The van der Waals surface area contributed by atoms with Crippen molar-refractivity contribution in [3.63, 3.8) is 0 Å². The number of aromatic nitrogens is 2. The van der Waals surface area contributed by atoms with Gasteiger partial charge in [0.05, 0.1) is 22.9 Å². The lowest BCUT2D eigenvalue weighted by Crippen LogP contribution is -2.28. The van der Waals surface area contributed by atoms with Gasteiger partial charge >= 0.3 is 0 Å². The maximum absolute atomic E-state index is 12.5. The van der Waals surface area contributed by atoms with Gasteiger partial charge in [0.15, 0.2) is 0 Å². The van der Waals surface area contributed by atoms with Crippen LogP contribution < -0.4 is 10.9 Å². The summed E-state index contributed by atoms with van der Waals surface area (Å²) in [6, 6.07) is 14.6. The fourth-order valence-electron chi connectivity index (χ4n) is 2.41. The van der Waals surface area contributed by atoms with Gasteiger partial charge in [-0.15, -0.1) is 18.3 Å². The van der Waals surface area contributed by atoms with Gasteiger partial charge in [0, 0.05) is 10.6 Å². The number of fused-ring (bicyclic) bond motifs is 1. The molecule has 2 aromatic carbocycles. The molecule has 0 unspecified atom stereocenters. The van der Waals surface area contributed by atoms with E-state index in [1.54, 1.807) is 30.0 Å². The minimum atomic E-state index is -0.272.